The van der Waals surface area contributed by atoms with E-state index in [9.17, 15) is 0 Å². The molecule has 0 amide bonds. The van der Waals surface area contributed by atoms with Gasteiger partial charge in [-0.2, -0.15) is 0 Å². The van der Waals surface area contributed by atoms with E-state index in [1.54, 1.807) is 18.4 Å². The summed E-state index contributed by atoms with van der Waals surface area (Å²) >= 11 is 1.77. The standard InChI is InChI=1S/C17H27N5OS/c1-12(2)14-9-13(23-21-14)10-19-17(18-3)20-11-15(22(4)5)16-7-6-8-24-16/h6-9,12,15H,10-11H2,1-5H3,(H2,18,19,20). The van der Waals surface area contributed by atoms with E-state index in [0.29, 0.717) is 18.5 Å². The molecule has 132 valence electrons. The third-order valence-corrected chi connectivity index (χ3v) is 4.75. The topological polar surface area (TPSA) is 65.7 Å². The maximum absolute atomic E-state index is 5.34. The van der Waals surface area contributed by atoms with Crippen molar-refractivity contribution in [1.82, 2.24) is 20.7 Å². The van der Waals surface area contributed by atoms with Crippen LogP contribution in [0.25, 0.3) is 0 Å². The van der Waals surface area contributed by atoms with E-state index >= 15 is 0 Å². The highest BCUT2D eigenvalue weighted by atomic mass is 32.1. The fraction of sp³-hybridized carbons (Fsp3) is 0.529. The minimum atomic E-state index is 0.307. The van der Waals surface area contributed by atoms with E-state index in [-0.39, 0.29) is 0 Å². The zero-order chi connectivity index (χ0) is 17.5. The summed E-state index contributed by atoms with van der Waals surface area (Å²) in [6.45, 7) is 5.54. The van der Waals surface area contributed by atoms with Gasteiger partial charge in [0.15, 0.2) is 11.7 Å². The van der Waals surface area contributed by atoms with Crippen molar-refractivity contribution in [2.45, 2.75) is 32.4 Å². The summed E-state index contributed by atoms with van der Waals surface area (Å²) in [5.74, 6) is 1.93. The molecule has 0 aliphatic heterocycles. The Hall–Kier alpha value is -1.86. The second-order valence-electron chi connectivity index (χ2n) is 6.17. The summed E-state index contributed by atoms with van der Waals surface area (Å²) in [5, 5.41) is 12.8. The van der Waals surface area contributed by atoms with Gasteiger partial charge >= 0.3 is 0 Å². The van der Waals surface area contributed by atoms with Crippen LogP contribution < -0.4 is 10.6 Å². The van der Waals surface area contributed by atoms with Crippen LogP contribution in [0.15, 0.2) is 33.1 Å². The molecule has 2 N–H and O–H groups in total. The van der Waals surface area contributed by atoms with Gasteiger partial charge in [0, 0.05) is 24.5 Å². The molecule has 1 unspecified atom stereocenters. The Balaban J connectivity index is 1.87. The van der Waals surface area contributed by atoms with Crippen LogP contribution in [0, 0.1) is 0 Å². The highest BCUT2D eigenvalue weighted by molar-refractivity contribution is 7.10. The van der Waals surface area contributed by atoms with Crippen LogP contribution in [0.5, 0.6) is 0 Å². The Morgan fingerprint density at radius 1 is 1.38 bits per heavy atom. The number of likely N-dealkylation sites (N-methyl/N-ethyl adjacent to an activating group) is 1. The second-order valence-corrected chi connectivity index (χ2v) is 7.15. The summed E-state index contributed by atoms with van der Waals surface area (Å²) in [7, 11) is 5.94. The smallest absolute Gasteiger partial charge is 0.191 e. The molecule has 0 aromatic carbocycles. The van der Waals surface area contributed by atoms with E-state index in [2.05, 4.69) is 71.1 Å². The number of hydrogen-bond acceptors (Lipinski definition) is 5. The van der Waals surface area contributed by atoms with Crippen LogP contribution in [0.3, 0.4) is 0 Å². The molecule has 0 radical (unpaired) electrons. The van der Waals surface area contributed by atoms with Crippen molar-refractivity contribution in [3.05, 3.63) is 39.9 Å². The zero-order valence-corrected chi connectivity index (χ0v) is 15.9. The van der Waals surface area contributed by atoms with Crippen LogP contribution >= 0.6 is 11.3 Å². The molecule has 2 heterocycles. The zero-order valence-electron chi connectivity index (χ0n) is 15.0. The average molecular weight is 350 g/mol. The largest absolute Gasteiger partial charge is 0.359 e. The number of guanidine groups is 1. The van der Waals surface area contributed by atoms with Crippen molar-refractivity contribution in [2.75, 3.05) is 27.7 Å². The summed E-state index contributed by atoms with van der Waals surface area (Å²) in [6, 6.07) is 6.54. The van der Waals surface area contributed by atoms with Crippen LogP contribution in [0.2, 0.25) is 0 Å². The van der Waals surface area contributed by atoms with Gasteiger partial charge in [0.1, 0.15) is 0 Å². The number of hydrogen-bond donors (Lipinski definition) is 2. The van der Waals surface area contributed by atoms with E-state index in [0.717, 1.165) is 24.0 Å². The van der Waals surface area contributed by atoms with Crippen molar-refractivity contribution in [2.24, 2.45) is 4.99 Å². The van der Waals surface area contributed by atoms with E-state index < -0.39 is 0 Å². The lowest BCUT2D eigenvalue weighted by Crippen LogP contribution is -2.41. The first-order valence-electron chi connectivity index (χ1n) is 8.11. The second kappa shape index (κ2) is 8.84. The maximum atomic E-state index is 5.34. The normalized spacial score (nSPS) is 13.5. The number of thiophene rings is 1. The molecule has 1 atom stereocenters. The van der Waals surface area contributed by atoms with E-state index in [1.165, 1.54) is 4.88 Å². The number of nitrogens with zero attached hydrogens (tertiary/aromatic N) is 3. The molecule has 0 aliphatic carbocycles. The molecule has 2 aromatic heterocycles. The number of aromatic nitrogens is 1. The van der Waals surface area contributed by atoms with Gasteiger partial charge in [-0.25, -0.2) is 0 Å². The maximum Gasteiger partial charge on any atom is 0.191 e. The van der Waals surface area contributed by atoms with Crippen LogP contribution in [0.1, 0.15) is 42.1 Å². The van der Waals surface area contributed by atoms with Crippen molar-refractivity contribution in [3.63, 3.8) is 0 Å². The molecular formula is C17H27N5OS. The molecule has 2 rings (SSSR count). The van der Waals surface area contributed by atoms with Gasteiger partial charge < -0.3 is 20.1 Å². The highest BCUT2D eigenvalue weighted by Gasteiger charge is 2.15. The monoisotopic (exact) mass is 349 g/mol. The van der Waals surface area contributed by atoms with Gasteiger partial charge in [0.2, 0.25) is 0 Å². The molecule has 0 bridgehead atoms. The van der Waals surface area contributed by atoms with Gasteiger partial charge in [-0.15, -0.1) is 11.3 Å². The summed E-state index contributed by atoms with van der Waals surface area (Å²) in [6.07, 6.45) is 0. The first-order valence-corrected chi connectivity index (χ1v) is 8.99. The molecule has 0 saturated carbocycles. The Morgan fingerprint density at radius 3 is 2.71 bits per heavy atom. The predicted molar refractivity (Wildman–Crippen MR) is 99.5 cm³/mol. The highest BCUT2D eigenvalue weighted by Crippen LogP contribution is 2.22. The average Bonchev–Trinajstić information content (AvgIpc) is 3.21. The quantitative estimate of drug-likeness (QED) is 0.594. The van der Waals surface area contributed by atoms with Crippen molar-refractivity contribution in [3.8, 4) is 0 Å². The molecular weight excluding hydrogens is 322 g/mol. The van der Waals surface area contributed by atoms with Crippen LogP contribution in [-0.2, 0) is 6.54 Å². The first-order chi connectivity index (χ1) is 11.5. The van der Waals surface area contributed by atoms with Gasteiger partial charge in [-0.3, -0.25) is 4.99 Å². The third kappa shape index (κ3) is 5.07. The Labute approximate surface area is 147 Å². The molecule has 6 nitrogen and oxygen atoms in total. The van der Waals surface area contributed by atoms with Gasteiger partial charge in [-0.1, -0.05) is 25.1 Å². The summed E-state index contributed by atoms with van der Waals surface area (Å²) in [5.41, 5.74) is 0.972. The lowest BCUT2D eigenvalue weighted by Gasteiger charge is -2.24. The molecule has 0 aliphatic rings. The Morgan fingerprint density at radius 2 is 2.17 bits per heavy atom. The van der Waals surface area contributed by atoms with Crippen molar-refractivity contribution in [1.29, 1.82) is 0 Å². The first kappa shape index (κ1) is 18.5. The van der Waals surface area contributed by atoms with Crippen molar-refractivity contribution >= 4 is 17.3 Å². The van der Waals surface area contributed by atoms with Gasteiger partial charge in [0.25, 0.3) is 0 Å². The number of aliphatic imine (C=N–C) groups is 1. The minimum Gasteiger partial charge on any atom is -0.359 e. The number of nitrogens with one attached hydrogen (secondary N) is 2. The van der Waals surface area contributed by atoms with Gasteiger partial charge in [-0.05, 0) is 31.5 Å². The molecule has 7 heteroatoms. The lowest BCUT2D eigenvalue weighted by atomic mass is 10.1. The van der Waals surface area contributed by atoms with Gasteiger partial charge in [0.05, 0.1) is 18.3 Å². The predicted octanol–water partition coefficient (Wildman–Crippen LogP) is 2.83. The van der Waals surface area contributed by atoms with E-state index in [1.807, 2.05) is 6.07 Å². The fourth-order valence-electron chi connectivity index (χ4n) is 2.29. The molecule has 0 spiro atoms. The van der Waals surface area contributed by atoms with Crippen LogP contribution in [-0.4, -0.2) is 43.7 Å². The summed E-state index contributed by atoms with van der Waals surface area (Å²) in [4.78, 5) is 7.81. The lowest BCUT2D eigenvalue weighted by molar-refractivity contribution is 0.302. The Kier molecular flexibility index (Phi) is 6.81. The molecule has 0 saturated heterocycles. The molecule has 0 fully saturated rings. The third-order valence-electron chi connectivity index (χ3n) is 3.78. The molecule has 24 heavy (non-hydrogen) atoms. The summed E-state index contributed by atoms with van der Waals surface area (Å²) < 4.78 is 5.34. The Bertz CT molecular complexity index is 633. The van der Waals surface area contributed by atoms with E-state index in [4.69, 9.17) is 4.52 Å². The molecule has 2 aromatic rings. The SMILES string of the molecule is CN=C(NCc1cc(C(C)C)no1)NCC(c1cccs1)N(C)C. The number of rotatable bonds is 7. The van der Waals surface area contributed by atoms with Crippen LogP contribution in [0.4, 0.5) is 0 Å². The fourth-order valence-corrected chi connectivity index (χ4v) is 3.21. The van der Waals surface area contributed by atoms with Crippen molar-refractivity contribution < 1.29 is 4.52 Å². The minimum absolute atomic E-state index is 0.307.